The van der Waals surface area contributed by atoms with E-state index in [1.165, 1.54) is 18.2 Å². The van der Waals surface area contributed by atoms with Crippen LogP contribution in [0.2, 0.25) is 10.3 Å². The van der Waals surface area contributed by atoms with Crippen LogP contribution in [0.15, 0.2) is 23.1 Å². The molecule has 0 amide bonds. The minimum atomic E-state index is -4.26. The number of fused-ring (bicyclic) bond motifs is 1. The highest BCUT2D eigenvalue weighted by Crippen LogP contribution is 2.22. The lowest BCUT2D eigenvalue weighted by Crippen LogP contribution is -1.98. The molecular weight excluding hydrogens is 311 g/mol. The van der Waals surface area contributed by atoms with Crippen LogP contribution in [0.3, 0.4) is 0 Å². The van der Waals surface area contributed by atoms with Crippen LogP contribution in [0, 0.1) is 0 Å². The van der Waals surface area contributed by atoms with E-state index in [4.69, 9.17) is 27.8 Å². The molecule has 5 nitrogen and oxygen atoms in total. The minimum absolute atomic E-state index is 0. The Hall–Kier alpha value is -0.660. The number of hydrogen-bond acceptors (Lipinski definition) is 4. The molecule has 1 aromatic carbocycles. The summed E-state index contributed by atoms with van der Waals surface area (Å²) in [5, 5.41) is 0.00965. The van der Waals surface area contributed by atoms with Crippen LogP contribution in [0.1, 0.15) is 0 Å². The van der Waals surface area contributed by atoms with Crippen LogP contribution >= 0.6 is 35.6 Å². The molecule has 92 valence electrons. The van der Waals surface area contributed by atoms with Gasteiger partial charge >= 0.3 is 0 Å². The van der Waals surface area contributed by atoms with Crippen LogP contribution in [-0.2, 0) is 10.1 Å². The molecule has 17 heavy (non-hydrogen) atoms. The van der Waals surface area contributed by atoms with E-state index in [1.54, 1.807) is 0 Å². The van der Waals surface area contributed by atoms with E-state index >= 15 is 0 Å². The fourth-order valence-corrected chi connectivity index (χ4v) is 1.92. The first-order valence-corrected chi connectivity index (χ1v) is 6.18. The second-order valence-corrected chi connectivity index (χ2v) is 5.07. The summed E-state index contributed by atoms with van der Waals surface area (Å²) in [6, 6.07) is 3.75. The van der Waals surface area contributed by atoms with E-state index in [-0.39, 0.29) is 33.1 Å². The topological polar surface area (TPSA) is 80.2 Å². The first-order chi connectivity index (χ1) is 7.38. The van der Waals surface area contributed by atoms with Crippen LogP contribution in [0.5, 0.6) is 0 Å². The van der Waals surface area contributed by atoms with Crippen LogP contribution < -0.4 is 0 Å². The van der Waals surface area contributed by atoms with Crippen molar-refractivity contribution in [1.82, 2.24) is 9.97 Å². The van der Waals surface area contributed by atoms with Crippen LogP contribution in [0.4, 0.5) is 0 Å². The molecule has 0 bridgehead atoms. The summed E-state index contributed by atoms with van der Waals surface area (Å²) in [7, 11) is -4.26. The van der Waals surface area contributed by atoms with Crippen molar-refractivity contribution in [2.75, 3.05) is 0 Å². The molecule has 0 aliphatic carbocycles. The maximum atomic E-state index is 10.9. The Morgan fingerprint density at radius 2 is 1.59 bits per heavy atom. The molecule has 0 spiro atoms. The summed E-state index contributed by atoms with van der Waals surface area (Å²) < 4.78 is 30.6. The van der Waals surface area contributed by atoms with Gasteiger partial charge in [-0.05, 0) is 18.2 Å². The Bertz CT molecular complexity index is 675. The third-order valence-corrected chi connectivity index (χ3v) is 3.33. The Morgan fingerprint density at radius 1 is 1.06 bits per heavy atom. The van der Waals surface area contributed by atoms with Crippen molar-refractivity contribution < 1.29 is 13.0 Å². The highest BCUT2D eigenvalue weighted by atomic mass is 35.5. The van der Waals surface area contributed by atoms with E-state index in [9.17, 15) is 8.42 Å². The van der Waals surface area contributed by atoms with Crippen molar-refractivity contribution in [2.45, 2.75) is 4.90 Å². The van der Waals surface area contributed by atoms with Crippen molar-refractivity contribution in [3.05, 3.63) is 28.5 Å². The highest BCUT2D eigenvalue weighted by Gasteiger charge is 2.12. The van der Waals surface area contributed by atoms with Crippen molar-refractivity contribution in [1.29, 1.82) is 0 Å². The number of nitrogens with zero attached hydrogens (tertiary/aromatic N) is 2. The Balaban J connectivity index is 0.00000144. The van der Waals surface area contributed by atoms with E-state index in [2.05, 4.69) is 9.97 Å². The third kappa shape index (κ3) is 2.97. The lowest BCUT2D eigenvalue weighted by molar-refractivity contribution is 0.483. The van der Waals surface area contributed by atoms with Gasteiger partial charge in [0.25, 0.3) is 10.1 Å². The first kappa shape index (κ1) is 14.4. The van der Waals surface area contributed by atoms with Gasteiger partial charge in [0.1, 0.15) is 0 Å². The zero-order valence-corrected chi connectivity index (χ0v) is 11.1. The average molecular weight is 316 g/mol. The summed E-state index contributed by atoms with van der Waals surface area (Å²) >= 11 is 11.3. The van der Waals surface area contributed by atoms with Gasteiger partial charge in [0.15, 0.2) is 10.3 Å². The monoisotopic (exact) mass is 314 g/mol. The molecule has 9 heteroatoms. The largest absolute Gasteiger partial charge is 0.294 e. The molecule has 2 rings (SSSR count). The summed E-state index contributed by atoms with van der Waals surface area (Å²) in [5.41, 5.74) is 0.631. The van der Waals surface area contributed by atoms with Gasteiger partial charge < -0.3 is 0 Å². The maximum Gasteiger partial charge on any atom is 0.294 e. The smallest absolute Gasteiger partial charge is 0.282 e. The van der Waals surface area contributed by atoms with Gasteiger partial charge in [-0.1, -0.05) is 23.2 Å². The lowest BCUT2D eigenvalue weighted by Gasteiger charge is -2.01. The standard InChI is InChI=1S/C8H4Cl2N2O3S.ClH/c9-7-8(10)12-6-3-4(16(13,14)15)1-2-5(6)11-7;/h1-3H,(H,13,14,15);1H. The van der Waals surface area contributed by atoms with E-state index in [0.717, 1.165) is 0 Å². The van der Waals surface area contributed by atoms with Crippen LogP contribution in [0.25, 0.3) is 11.0 Å². The van der Waals surface area contributed by atoms with E-state index in [1.807, 2.05) is 0 Å². The molecule has 0 saturated heterocycles. The van der Waals surface area contributed by atoms with Gasteiger partial charge in [0.05, 0.1) is 15.9 Å². The Labute approximate surface area is 113 Å². The molecule has 0 atom stereocenters. The molecule has 0 fully saturated rings. The number of rotatable bonds is 1. The van der Waals surface area contributed by atoms with Gasteiger partial charge in [0, 0.05) is 0 Å². The third-order valence-electron chi connectivity index (χ3n) is 1.85. The SMILES string of the molecule is Cl.O=S(=O)(O)c1ccc2nc(Cl)c(Cl)nc2c1. The quantitative estimate of drug-likeness (QED) is 0.818. The van der Waals surface area contributed by atoms with Gasteiger partial charge in [-0.25, -0.2) is 9.97 Å². The first-order valence-electron chi connectivity index (χ1n) is 3.98. The molecule has 0 aliphatic heterocycles. The van der Waals surface area contributed by atoms with Gasteiger partial charge in [-0.3, -0.25) is 4.55 Å². The molecular formula is C8H5Cl3N2O3S. The zero-order chi connectivity index (χ0) is 11.9. The molecule has 0 radical (unpaired) electrons. The van der Waals surface area contributed by atoms with E-state index in [0.29, 0.717) is 5.52 Å². The number of hydrogen-bond donors (Lipinski definition) is 1. The summed E-state index contributed by atoms with van der Waals surface area (Å²) in [6.45, 7) is 0. The fourth-order valence-electron chi connectivity index (χ4n) is 1.15. The minimum Gasteiger partial charge on any atom is -0.282 e. The fraction of sp³-hybridized carbons (Fsp3) is 0. The molecule has 0 saturated carbocycles. The summed E-state index contributed by atoms with van der Waals surface area (Å²) in [6.07, 6.45) is 0. The summed E-state index contributed by atoms with van der Waals surface area (Å²) in [5.74, 6) is 0. The second-order valence-electron chi connectivity index (χ2n) is 2.93. The van der Waals surface area contributed by atoms with Crippen molar-refractivity contribution >= 4 is 56.8 Å². The van der Waals surface area contributed by atoms with Crippen molar-refractivity contribution in [3.8, 4) is 0 Å². The second kappa shape index (κ2) is 4.91. The average Bonchev–Trinajstić information content (AvgIpc) is 2.17. The molecule has 0 unspecified atom stereocenters. The molecule has 0 aliphatic rings. The normalized spacial score (nSPS) is 11.2. The number of halogens is 3. The lowest BCUT2D eigenvalue weighted by atomic mass is 10.3. The Kier molecular flexibility index (Phi) is 4.16. The zero-order valence-electron chi connectivity index (χ0n) is 7.96. The predicted molar refractivity (Wildman–Crippen MR) is 66.6 cm³/mol. The maximum absolute atomic E-state index is 10.9. The highest BCUT2D eigenvalue weighted by molar-refractivity contribution is 7.85. The number of aromatic nitrogens is 2. The molecule has 1 aromatic heterocycles. The van der Waals surface area contributed by atoms with Gasteiger partial charge in [-0.2, -0.15) is 8.42 Å². The molecule has 1 N–H and O–H groups in total. The predicted octanol–water partition coefficient (Wildman–Crippen LogP) is 2.61. The van der Waals surface area contributed by atoms with Gasteiger partial charge in [-0.15, -0.1) is 12.4 Å². The van der Waals surface area contributed by atoms with Gasteiger partial charge in [0.2, 0.25) is 0 Å². The Morgan fingerprint density at radius 3 is 2.12 bits per heavy atom. The van der Waals surface area contributed by atoms with E-state index < -0.39 is 10.1 Å². The summed E-state index contributed by atoms with van der Waals surface area (Å²) in [4.78, 5) is 7.47. The van der Waals surface area contributed by atoms with Crippen molar-refractivity contribution in [3.63, 3.8) is 0 Å². The molecule has 1 heterocycles. The number of benzene rings is 1. The van der Waals surface area contributed by atoms with Crippen molar-refractivity contribution in [2.24, 2.45) is 0 Å². The van der Waals surface area contributed by atoms with Crippen LogP contribution in [-0.4, -0.2) is 22.9 Å². The molecule has 2 aromatic rings.